The molecule has 1 atom stereocenters. The minimum atomic E-state index is -0.417. The molecule has 2 aromatic rings. The van der Waals surface area contributed by atoms with E-state index in [-0.39, 0.29) is 11.7 Å². The van der Waals surface area contributed by atoms with Crippen LogP contribution in [-0.2, 0) is 7.05 Å². The smallest absolute Gasteiger partial charge is 0.333 e. The van der Waals surface area contributed by atoms with Gasteiger partial charge in [0.2, 0.25) is 5.82 Å². The molecule has 0 bridgehead atoms. The Morgan fingerprint density at radius 3 is 2.89 bits per heavy atom. The van der Waals surface area contributed by atoms with Crippen LogP contribution in [0.15, 0.2) is 12.4 Å². The van der Waals surface area contributed by atoms with Crippen molar-refractivity contribution in [3.8, 4) is 0 Å². The Kier molecular flexibility index (Phi) is 3.50. The van der Waals surface area contributed by atoms with Gasteiger partial charge in [-0.2, -0.15) is 5.10 Å². The van der Waals surface area contributed by atoms with Crippen molar-refractivity contribution in [2.24, 2.45) is 7.05 Å². The molecule has 0 aromatic carbocycles. The second kappa shape index (κ2) is 5.09. The van der Waals surface area contributed by atoms with E-state index < -0.39 is 4.92 Å². The molecule has 1 unspecified atom stereocenters. The lowest BCUT2D eigenvalue weighted by molar-refractivity contribution is -0.384. The van der Waals surface area contributed by atoms with Gasteiger partial charge in [-0.05, 0) is 13.3 Å². The summed E-state index contributed by atoms with van der Waals surface area (Å²) in [7, 11) is 1.68. The normalized spacial score (nSPS) is 12.4. The van der Waals surface area contributed by atoms with Gasteiger partial charge < -0.3 is 10.3 Å². The van der Waals surface area contributed by atoms with Gasteiger partial charge in [-0.25, -0.2) is 9.67 Å². The molecule has 0 saturated heterocycles. The summed E-state index contributed by atoms with van der Waals surface area (Å²) in [6.07, 6.45) is 4.13. The third-order valence-corrected chi connectivity index (χ3v) is 2.94. The molecule has 2 heterocycles. The number of H-pyrrole nitrogens is 1. The van der Waals surface area contributed by atoms with E-state index in [2.05, 4.69) is 20.4 Å². The molecule has 2 N–H and O–H groups in total. The molecule has 8 heteroatoms. The second-order valence-electron chi connectivity index (χ2n) is 4.24. The lowest BCUT2D eigenvalue weighted by atomic mass is 10.2. The standard InChI is InChI=1S/C11H16N6O2/c1-4-8(10-12-5-6-13-10)14-11-9(17(18)19)7(2)15-16(11)3/h5-6,8,14H,4H2,1-3H3,(H,12,13). The highest BCUT2D eigenvalue weighted by molar-refractivity contribution is 5.60. The van der Waals surface area contributed by atoms with Gasteiger partial charge in [0.05, 0.1) is 11.0 Å². The van der Waals surface area contributed by atoms with Crippen molar-refractivity contribution in [2.75, 3.05) is 5.32 Å². The molecule has 0 saturated carbocycles. The van der Waals surface area contributed by atoms with Gasteiger partial charge in [0, 0.05) is 19.4 Å². The first-order valence-corrected chi connectivity index (χ1v) is 5.98. The summed E-state index contributed by atoms with van der Waals surface area (Å²) >= 11 is 0. The van der Waals surface area contributed by atoms with Crippen LogP contribution < -0.4 is 5.32 Å². The van der Waals surface area contributed by atoms with Crippen LogP contribution in [0.4, 0.5) is 11.5 Å². The van der Waals surface area contributed by atoms with Gasteiger partial charge in [0.25, 0.3) is 0 Å². The van der Waals surface area contributed by atoms with Crippen LogP contribution in [0, 0.1) is 17.0 Å². The molecule has 0 radical (unpaired) electrons. The molecule has 102 valence electrons. The number of hydrogen-bond donors (Lipinski definition) is 2. The van der Waals surface area contributed by atoms with Gasteiger partial charge in [0.15, 0.2) is 0 Å². The summed E-state index contributed by atoms with van der Waals surface area (Å²) in [5, 5.41) is 18.3. The number of aromatic nitrogens is 4. The molecule has 2 rings (SSSR count). The maximum Gasteiger partial charge on any atom is 0.333 e. The zero-order valence-electron chi connectivity index (χ0n) is 11.0. The Labute approximate surface area is 110 Å². The van der Waals surface area contributed by atoms with E-state index >= 15 is 0 Å². The summed E-state index contributed by atoms with van der Waals surface area (Å²) in [6.45, 7) is 3.60. The first-order valence-electron chi connectivity index (χ1n) is 5.98. The largest absolute Gasteiger partial charge is 0.355 e. The fraction of sp³-hybridized carbons (Fsp3) is 0.455. The molecule has 0 amide bonds. The Hall–Kier alpha value is -2.38. The summed E-state index contributed by atoms with van der Waals surface area (Å²) in [6, 6.07) is -0.122. The molecule has 0 fully saturated rings. The number of aryl methyl sites for hydroxylation is 2. The average molecular weight is 264 g/mol. The summed E-state index contributed by atoms with van der Waals surface area (Å²) < 4.78 is 1.49. The average Bonchev–Trinajstić information content (AvgIpc) is 2.94. The van der Waals surface area contributed by atoms with Crippen LogP contribution in [0.1, 0.15) is 30.9 Å². The fourth-order valence-corrected chi connectivity index (χ4v) is 2.02. The molecular weight excluding hydrogens is 248 g/mol. The van der Waals surface area contributed by atoms with Crippen LogP contribution >= 0.6 is 0 Å². The number of nitrogens with zero attached hydrogens (tertiary/aromatic N) is 4. The first kappa shape index (κ1) is 13.1. The highest BCUT2D eigenvalue weighted by Gasteiger charge is 2.26. The lowest BCUT2D eigenvalue weighted by Gasteiger charge is -2.15. The highest BCUT2D eigenvalue weighted by Crippen LogP contribution is 2.30. The van der Waals surface area contributed by atoms with E-state index in [0.29, 0.717) is 11.5 Å². The Balaban J connectivity index is 2.35. The van der Waals surface area contributed by atoms with Gasteiger partial charge in [-0.15, -0.1) is 0 Å². The zero-order chi connectivity index (χ0) is 14.0. The minimum absolute atomic E-state index is 0.00695. The number of hydrogen-bond acceptors (Lipinski definition) is 5. The van der Waals surface area contributed by atoms with Gasteiger partial charge in [-0.1, -0.05) is 6.92 Å². The zero-order valence-corrected chi connectivity index (χ0v) is 11.0. The second-order valence-corrected chi connectivity index (χ2v) is 4.24. The highest BCUT2D eigenvalue weighted by atomic mass is 16.6. The third kappa shape index (κ3) is 2.42. The summed E-state index contributed by atoms with van der Waals surface area (Å²) in [5.41, 5.74) is 0.400. The van der Waals surface area contributed by atoms with Crippen molar-refractivity contribution in [1.29, 1.82) is 0 Å². The fourth-order valence-electron chi connectivity index (χ4n) is 2.02. The van der Waals surface area contributed by atoms with Crippen molar-refractivity contribution in [3.05, 3.63) is 34.0 Å². The van der Waals surface area contributed by atoms with E-state index in [4.69, 9.17) is 0 Å². The Morgan fingerprint density at radius 1 is 1.63 bits per heavy atom. The molecule has 0 spiro atoms. The first-order chi connectivity index (χ1) is 9.04. The Morgan fingerprint density at radius 2 is 2.37 bits per heavy atom. The SMILES string of the molecule is CCC(Nc1c([N+](=O)[O-])c(C)nn1C)c1ncc[nH]1. The van der Waals surface area contributed by atoms with Gasteiger partial charge in [-0.3, -0.25) is 10.1 Å². The maximum absolute atomic E-state index is 11.1. The van der Waals surface area contributed by atoms with Crippen molar-refractivity contribution in [2.45, 2.75) is 26.3 Å². The predicted octanol–water partition coefficient (Wildman–Crippen LogP) is 1.92. The van der Waals surface area contributed by atoms with Crippen LogP contribution in [-0.4, -0.2) is 24.7 Å². The van der Waals surface area contributed by atoms with Crippen molar-refractivity contribution in [3.63, 3.8) is 0 Å². The van der Waals surface area contributed by atoms with Crippen molar-refractivity contribution in [1.82, 2.24) is 19.7 Å². The lowest BCUT2D eigenvalue weighted by Crippen LogP contribution is -2.14. The molecule has 2 aromatic heterocycles. The minimum Gasteiger partial charge on any atom is -0.355 e. The van der Waals surface area contributed by atoms with E-state index in [1.807, 2.05) is 6.92 Å². The molecule has 0 aliphatic carbocycles. The molecular formula is C11H16N6O2. The monoisotopic (exact) mass is 264 g/mol. The third-order valence-electron chi connectivity index (χ3n) is 2.94. The summed E-state index contributed by atoms with van der Waals surface area (Å²) in [4.78, 5) is 17.9. The number of rotatable bonds is 5. The topological polar surface area (TPSA) is 102 Å². The van der Waals surface area contributed by atoms with E-state index in [9.17, 15) is 10.1 Å². The molecule has 0 aliphatic heterocycles. The number of nitrogens with one attached hydrogen (secondary N) is 2. The number of aromatic amines is 1. The Bertz CT molecular complexity index is 574. The predicted molar refractivity (Wildman–Crippen MR) is 69.8 cm³/mol. The van der Waals surface area contributed by atoms with Crippen molar-refractivity contribution >= 4 is 11.5 Å². The van der Waals surface area contributed by atoms with Crippen LogP contribution in [0.2, 0.25) is 0 Å². The summed E-state index contributed by atoms with van der Waals surface area (Å²) in [5.74, 6) is 1.14. The van der Waals surface area contributed by atoms with Gasteiger partial charge in [0.1, 0.15) is 11.5 Å². The number of imidazole rings is 1. The van der Waals surface area contributed by atoms with Gasteiger partial charge >= 0.3 is 5.69 Å². The van der Waals surface area contributed by atoms with Crippen LogP contribution in [0.25, 0.3) is 0 Å². The maximum atomic E-state index is 11.1. The quantitative estimate of drug-likeness (QED) is 0.634. The van der Waals surface area contributed by atoms with E-state index in [1.54, 1.807) is 26.4 Å². The molecule has 8 nitrogen and oxygen atoms in total. The van der Waals surface area contributed by atoms with Crippen LogP contribution in [0.3, 0.4) is 0 Å². The number of anilines is 1. The van der Waals surface area contributed by atoms with E-state index in [0.717, 1.165) is 12.2 Å². The molecule has 19 heavy (non-hydrogen) atoms. The molecule has 0 aliphatic rings. The van der Waals surface area contributed by atoms with Crippen LogP contribution in [0.5, 0.6) is 0 Å². The number of nitro groups is 1. The van der Waals surface area contributed by atoms with E-state index in [1.165, 1.54) is 4.68 Å². The van der Waals surface area contributed by atoms with Crippen molar-refractivity contribution < 1.29 is 4.92 Å².